The number of hydrogen-bond donors (Lipinski definition) is 1. The molecule has 1 saturated carbocycles. The molecular weight excluding hydrogens is 431 g/mol. The third kappa shape index (κ3) is 8.09. The van der Waals surface area contributed by atoms with Crippen LogP contribution in [0.25, 0.3) is 0 Å². The Morgan fingerprint density at radius 3 is 1.90 bits per heavy atom. The quantitative estimate of drug-likeness (QED) is 0.692. The van der Waals surface area contributed by atoms with Gasteiger partial charge in [-0.2, -0.15) is 0 Å². The van der Waals surface area contributed by atoms with Gasteiger partial charge in [0.15, 0.2) is 0 Å². The number of aryl methyl sites for hydroxylation is 2. The van der Waals surface area contributed by atoms with Gasteiger partial charge in [0.1, 0.15) is 0 Å². The molecule has 0 radical (unpaired) electrons. The van der Waals surface area contributed by atoms with E-state index in [1.54, 1.807) is 0 Å². The second kappa shape index (κ2) is 13.0. The van der Waals surface area contributed by atoms with Crippen LogP contribution in [-0.2, 0) is 17.9 Å². The third-order valence-electron chi connectivity index (χ3n) is 5.11. The Balaban J connectivity index is 0.00000261. The highest BCUT2D eigenvalue weighted by Gasteiger charge is 2.28. The van der Waals surface area contributed by atoms with Crippen LogP contribution in [-0.4, -0.2) is 26.8 Å². The van der Waals surface area contributed by atoms with Gasteiger partial charge in [-0.3, -0.25) is 14.8 Å². The molecule has 1 aliphatic carbocycles. The smallest absolute Gasteiger partial charge is 0.223 e. The van der Waals surface area contributed by atoms with Gasteiger partial charge in [0.25, 0.3) is 0 Å². The molecule has 0 aliphatic heterocycles. The van der Waals surface area contributed by atoms with E-state index < -0.39 is 0 Å². The van der Waals surface area contributed by atoms with Crippen molar-refractivity contribution in [2.24, 2.45) is 11.7 Å². The van der Waals surface area contributed by atoms with Gasteiger partial charge in [0.05, 0.1) is 24.5 Å². The predicted octanol–water partition coefficient (Wildman–Crippen LogP) is 4.41. The fourth-order valence-electron chi connectivity index (χ4n) is 3.67. The van der Waals surface area contributed by atoms with Crippen LogP contribution in [0.3, 0.4) is 0 Å². The van der Waals surface area contributed by atoms with Crippen molar-refractivity contribution in [1.82, 2.24) is 14.9 Å². The number of aromatic nitrogens is 2. The van der Waals surface area contributed by atoms with Gasteiger partial charge < -0.3 is 10.6 Å². The molecule has 0 spiro atoms. The van der Waals surface area contributed by atoms with Gasteiger partial charge in [-0.1, -0.05) is 18.6 Å². The SMILES string of the molecule is Cc1cccc(CN(Cc2cccc(C)n2)C(=O)C[C@@H]2CCC[C@H]2N)n1.Cl.Cl.Cl. The van der Waals surface area contributed by atoms with Crippen LogP contribution in [0.2, 0.25) is 0 Å². The largest absolute Gasteiger partial charge is 0.331 e. The summed E-state index contributed by atoms with van der Waals surface area (Å²) in [6, 6.07) is 12.0. The van der Waals surface area contributed by atoms with Crippen LogP contribution < -0.4 is 5.73 Å². The van der Waals surface area contributed by atoms with E-state index in [1.165, 1.54) is 0 Å². The molecule has 2 aromatic heterocycles. The van der Waals surface area contributed by atoms with Crippen molar-refractivity contribution in [2.45, 2.75) is 58.7 Å². The summed E-state index contributed by atoms with van der Waals surface area (Å²) in [7, 11) is 0. The Kier molecular flexibility index (Phi) is 12.4. The molecule has 0 saturated heterocycles. The average molecular weight is 462 g/mol. The summed E-state index contributed by atoms with van der Waals surface area (Å²) < 4.78 is 0. The molecule has 29 heavy (non-hydrogen) atoms. The number of nitrogens with two attached hydrogens (primary N) is 1. The summed E-state index contributed by atoms with van der Waals surface area (Å²) in [4.78, 5) is 24.0. The summed E-state index contributed by atoms with van der Waals surface area (Å²) >= 11 is 0. The minimum atomic E-state index is 0. The van der Waals surface area contributed by atoms with E-state index in [-0.39, 0.29) is 49.2 Å². The van der Waals surface area contributed by atoms with E-state index in [1.807, 2.05) is 55.1 Å². The molecule has 2 N–H and O–H groups in total. The number of halogens is 3. The molecule has 5 nitrogen and oxygen atoms in total. The molecule has 8 heteroatoms. The minimum absolute atomic E-state index is 0. The number of hydrogen-bond acceptors (Lipinski definition) is 4. The highest BCUT2D eigenvalue weighted by Crippen LogP contribution is 2.28. The summed E-state index contributed by atoms with van der Waals surface area (Å²) in [5.41, 5.74) is 9.90. The molecule has 1 aliphatic rings. The van der Waals surface area contributed by atoms with Crippen molar-refractivity contribution in [3.63, 3.8) is 0 Å². The Morgan fingerprint density at radius 1 is 0.966 bits per heavy atom. The number of carbonyl (C=O) groups is 1. The molecule has 1 fully saturated rings. The van der Waals surface area contributed by atoms with E-state index in [2.05, 4.69) is 9.97 Å². The number of pyridine rings is 2. The number of rotatable bonds is 6. The summed E-state index contributed by atoms with van der Waals surface area (Å²) in [5, 5.41) is 0. The third-order valence-corrected chi connectivity index (χ3v) is 5.11. The second-order valence-electron chi connectivity index (χ2n) is 7.35. The van der Waals surface area contributed by atoms with Crippen molar-refractivity contribution in [3.8, 4) is 0 Å². The van der Waals surface area contributed by atoms with Crippen molar-refractivity contribution in [2.75, 3.05) is 0 Å². The zero-order chi connectivity index (χ0) is 18.5. The zero-order valence-electron chi connectivity index (χ0n) is 16.9. The highest BCUT2D eigenvalue weighted by atomic mass is 35.5. The van der Waals surface area contributed by atoms with Gasteiger partial charge in [0.2, 0.25) is 5.91 Å². The Hall–Kier alpha value is -1.40. The van der Waals surface area contributed by atoms with E-state index in [0.29, 0.717) is 25.4 Å². The lowest BCUT2D eigenvalue weighted by Gasteiger charge is -2.25. The Morgan fingerprint density at radius 2 is 1.48 bits per heavy atom. The van der Waals surface area contributed by atoms with Gasteiger partial charge in [-0.15, -0.1) is 37.2 Å². The van der Waals surface area contributed by atoms with Gasteiger partial charge >= 0.3 is 0 Å². The van der Waals surface area contributed by atoms with E-state index >= 15 is 0 Å². The highest BCUT2D eigenvalue weighted by molar-refractivity contribution is 5.86. The summed E-state index contributed by atoms with van der Waals surface area (Å²) in [5.74, 6) is 0.430. The predicted molar refractivity (Wildman–Crippen MR) is 124 cm³/mol. The van der Waals surface area contributed by atoms with Crippen molar-refractivity contribution in [3.05, 3.63) is 59.2 Å². The first kappa shape index (κ1) is 27.6. The molecule has 2 aromatic rings. The number of amides is 1. The standard InChI is InChI=1S/C21H28N4O.3ClH/c1-15-6-3-9-18(23-15)13-25(14-19-10-4-7-16(2)24-19)21(26)12-17-8-5-11-20(17)22;;;/h3-4,6-7,9-10,17,20H,5,8,11-14,22H2,1-2H3;3*1H/t17-,20+;;;/m0.../s1. The molecule has 0 bridgehead atoms. The lowest BCUT2D eigenvalue weighted by molar-refractivity contribution is -0.133. The van der Waals surface area contributed by atoms with E-state index in [9.17, 15) is 4.79 Å². The fraction of sp³-hybridized carbons (Fsp3) is 0.476. The average Bonchev–Trinajstić information content (AvgIpc) is 2.99. The van der Waals surface area contributed by atoms with Crippen LogP contribution in [0, 0.1) is 19.8 Å². The Bertz CT molecular complexity index is 728. The molecule has 0 aromatic carbocycles. The summed E-state index contributed by atoms with van der Waals surface area (Å²) in [6.45, 7) is 4.93. The van der Waals surface area contributed by atoms with Gasteiger partial charge in [-0.05, 0) is 56.9 Å². The van der Waals surface area contributed by atoms with Gasteiger partial charge in [-0.25, -0.2) is 0 Å². The first-order chi connectivity index (χ1) is 12.5. The lowest BCUT2D eigenvalue weighted by atomic mass is 9.99. The first-order valence-electron chi connectivity index (χ1n) is 9.39. The fourth-order valence-corrected chi connectivity index (χ4v) is 3.67. The van der Waals surface area contributed by atoms with Crippen LogP contribution in [0.4, 0.5) is 0 Å². The first-order valence-corrected chi connectivity index (χ1v) is 9.39. The van der Waals surface area contributed by atoms with Crippen molar-refractivity contribution >= 4 is 43.1 Å². The van der Waals surface area contributed by atoms with Crippen LogP contribution in [0.1, 0.15) is 48.5 Å². The molecule has 1 amide bonds. The maximum atomic E-state index is 13.0. The van der Waals surface area contributed by atoms with Crippen LogP contribution >= 0.6 is 37.2 Å². The second-order valence-corrected chi connectivity index (χ2v) is 7.35. The molecule has 2 heterocycles. The molecule has 2 atom stereocenters. The summed E-state index contributed by atoms with van der Waals surface area (Å²) in [6.07, 6.45) is 3.71. The molecular formula is C21H31Cl3N4O. The van der Waals surface area contributed by atoms with Crippen molar-refractivity contribution < 1.29 is 4.79 Å². The van der Waals surface area contributed by atoms with E-state index in [0.717, 1.165) is 42.0 Å². The van der Waals surface area contributed by atoms with Crippen molar-refractivity contribution in [1.29, 1.82) is 0 Å². The molecule has 3 rings (SSSR count). The molecule has 0 unspecified atom stereocenters. The number of nitrogens with zero attached hydrogens (tertiary/aromatic N) is 3. The van der Waals surface area contributed by atoms with E-state index in [4.69, 9.17) is 5.73 Å². The normalized spacial score (nSPS) is 17.5. The van der Waals surface area contributed by atoms with Gasteiger partial charge in [0, 0.05) is 23.9 Å². The monoisotopic (exact) mass is 460 g/mol. The lowest BCUT2D eigenvalue weighted by Crippen LogP contribution is -2.35. The maximum Gasteiger partial charge on any atom is 0.223 e. The Labute approximate surface area is 192 Å². The molecule has 162 valence electrons. The number of carbonyl (C=O) groups excluding carboxylic acids is 1. The van der Waals surface area contributed by atoms with Crippen LogP contribution in [0.5, 0.6) is 0 Å². The topological polar surface area (TPSA) is 72.1 Å². The van der Waals surface area contributed by atoms with Crippen LogP contribution in [0.15, 0.2) is 36.4 Å². The zero-order valence-corrected chi connectivity index (χ0v) is 19.4. The maximum absolute atomic E-state index is 13.0. The minimum Gasteiger partial charge on any atom is -0.331 e.